The summed E-state index contributed by atoms with van der Waals surface area (Å²) in [6.45, 7) is 2.31. The van der Waals surface area contributed by atoms with E-state index in [1.54, 1.807) is 6.26 Å². The SMILES string of the molecule is CSC1(CNCC(O)COCc2ccco2)CC1. The van der Waals surface area contributed by atoms with Crippen molar-refractivity contribution in [2.24, 2.45) is 0 Å². The van der Waals surface area contributed by atoms with Gasteiger partial charge in [-0.15, -0.1) is 0 Å². The highest BCUT2D eigenvalue weighted by atomic mass is 32.2. The molecule has 0 aromatic carbocycles. The summed E-state index contributed by atoms with van der Waals surface area (Å²) in [6.07, 6.45) is 5.88. The molecule has 2 rings (SSSR count). The fourth-order valence-corrected chi connectivity index (χ4v) is 2.56. The lowest BCUT2D eigenvalue weighted by atomic mass is 10.3. The van der Waals surface area contributed by atoms with Crippen molar-refractivity contribution >= 4 is 11.8 Å². The Morgan fingerprint density at radius 2 is 2.44 bits per heavy atom. The fraction of sp³-hybridized carbons (Fsp3) is 0.692. The minimum Gasteiger partial charge on any atom is -0.467 e. The van der Waals surface area contributed by atoms with E-state index < -0.39 is 6.10 Å². The molecular formula is C13H21NO3S. The van der Waals surface area contributed by atoms with Crippen molar-refractivity contribution in [3.8, 4) is 0 Å². The van der Waals surface area contributed by atoms with Gasteiger partial charge in [-0.1, -0.05) is 0 Å². The predicted molar refractivity (Wildman–Crippen MR) is 72.7 cm³/mol. The quantitative estimate of drug-likeness (QED) is 0.715. The average Bonchev–Trinajstić information content (AvgIpc) is 2.96. The lowest BCUT2D eigenvalue weighted by Crippen LogP contribution is -2.35. The normalized spacial score (nSPS) is 18.8. The van der Waals surface area contributed by atoms with Gasteiger partial charge < -0.3 is 19.6 Å². The van der Waals surface area contributed by atoms with Crippen LogP contribution in [0, 0.1) is 0 Å². The zero-order valence-electron chi connectivity index (χ0n) is 10.7. The molecule has 18 heavy (non-hydrogen) atoms. The monoisotopic (exact) mass is 271 g/mol. The lowest BCUT2D eigenvalue weighted by molar-refractivity contribution is 0.0227. The van der Waals surface area contributed by atoms with Crippen LogP contribution in [0.5, 0.6) is 0 Å². The van der Waals surface area contributed by atoms with Crippen molar-refractivity contribution < 1.29 is 14.3 Å². The van der Waals surface area contributed by atoms with Crippen LogP contribution in [0.1, 0.15) is 18.6 Å². The summed E-state index contributed by atoms with van der Waals surface area (Å²) in [5, 5.41) is 13.1. The minimum atomic E-state index is -0.461. The second-order valence-corrected chi connectivity index (χ2v) is 6.04. The van der Waals surface area contributed by atoms with Gasteiger partial charge in [0.15, 0.2) is 0 Å². The molecule has 102 valence electrons. The number of thioether (sulfide) groups is 1. The zero-order valence-corrected chi connectivity index (χ0v) is 11.5. The van der Waals surface area contributed by atoms with Crippen molar-refractivity contribution in [3.63, 3.8) is 0 Å². The van der Waals surface area contributed by atoms with Crippen LogP contribution in [-0.2, 0) is 11.3 Å². The molecule has 1 saturated carbocycles. The second kappa shape index (κ2) is 6.61. The Kier molecular flexibility index (Phi) is 5.12. The van der Waals surface area contributed by atoms with Crippen LogP contribution < -0.4 is 5.32 Å². The second-order valence-electron chi connectivity index (χ2n) is 4.77. The van der Waals surface area contributed by atoms with Gasteiger partial charge in [-0.25, -0.2) is 0 Å². The van der Waals surface area contributed by atoms with Crippen LogP contribution in [0.3, 0.4) is 0 Å². The number of aliphatic hydroxyl groups is 1. The third-order valence-electron chi connectivity index (χ3n) is 3.20. The molecule has 1 fully saturated rings. The molecular weight excluding hydrogens is 250 g/mol. The predicted octanol–water partition coefficient (Wildman–Crippen LogP) is 1.64. The van der Waals surface area contributed by atoms with Gasteiger partial charge in [0.2, 0.25) is 0 Å². The van der Waals surface area contributed by atoms with Crippen LogP contribution in [0.25, 0.3) is 0 Å². The molecule has 2 N–H and O–H groups in total. The molecule has 1 unspecified atom stereocenters. The third-order valence-corrected chi connectivity index (χ3v) is 4.62. The smallest absolute Gasteiger partial charge is 0.129 e. The standard InChI is InChI=1S/C13H21NO3S/c1-18-13(4-5-13)10-14-7-11(15)8-16-9-12-3-2-6-17-12/h2-3,6,11,14-15H,4-5,7-10H2,1H3. The van der Waals surface area contributed by atoms with Gasteiger partial charge in [-0.3, -0.25) is 0 Å². The van der Waals surface area contributed by atoms with Gasteiger partial charge >= 0.3 is 0 Å². The Labute approximate surface area is 112 Å². The molecule has 5 heteroatoms. The zero-order chi connectivity index (χ0) is 12.8. The lowest BCUT2D eigenvalue weighted by Gasteiger charge is -2.16. The maximum Gasteiger partial charge on any atom is 0.129 e. The molecule has 1 aliphatic carbocycles. The first-order chi connectivity index (χ1) is 8.74. The minimum absolute atomic E-state index is 0.333. The number of hydrogen-bond acceptors (Lipinski definition) is 5. The summed E-state index contributed by atoms with van der Waals surface area (Å²) in [5.74, 6) is 0.787. The first kappa shape index (κ1) is 13.9. The number of hydrogen-bond donors (Lipinski definition) is 2. The Morgan fingerprint density at radius 1 is 1.61 bits per heavy atom. The molecule has 0 bridgehead atoms. The number of nitrogens with one attached hydrogen (secondary N) is 1. The van der Waals surface area contributed by atoms with E-state index in [1.165, 1.54) is 12.8 Å². The van der Waals surface area contributed by atoms with E-state index in [1.807, 2.05) is 23.9 Å². The fourth-order valence-electron chi connectivity index (χ4n) is 1.81. The molecule has 0 radical (unpaired) electrons. The molecule has 1 aromatic rings. The van der Waals surface area contributed by atoms with Crippen LogP contribution in [0.2, 0.25) is 0 Å². The molecule has 1 heterocycles. The van der Waals surface area contributed by atoms with E-state index in [2.05, 4.69) is 11.6 Å². The van der Waals surface area contributed by atoms with Crippen LogP contribution >= 0.6 is 11.8 Å². The van der Waals surface area contributed by atoms with Gasteiger partial charge in [0.1, 0.15) is 12.4 Å². The average molecular weight is 271 g/mol. The van der Waals surface area contributed by atoms with E-state index in [9.17, 15) is 5.11 Å². The molecule has 1 aromatic heterocycles. The van der Waals surface area contributed by atoms with E-state index in [4.69, 9.17) is 9.15 Å². The Hall–Kier alpha value is -0.490. The molecule has 0 saturated heterocycles. The highest BCUT2D eigenvalue weighted by Crippen LogP contribution is 2.46. The van der Waals surface area contributed by atoms with Gasteiger partial charge in [-0.05, 0) is 31.2 Å². The third kappa shape index (κ3) is 4.31. The summed E-state index contributed by atoms with van der Waals surface area (Å²) in [5.41, 5.74) is 0. The number of rotatable bonds is 9. The van der Waals surface area contributed by atoms with Gasteiger partial charge in [0, 0.05) is 17.8 Å². The largest absolute Gasteiger partial charge is 0.467 e. The Morgan fingerprint density at radius 3 is 3.06 bits per heavy atom. The topological polar surface area (TPSA) is 54.6 Å². The van der Waals surface area contributed by atoms with Gasteiger partial charge in [0.05, 0.1) is 19.0 Å². The van der Waals surface area contributed by atoms with Gasteiger partial charge in [-0.2, -0.15) is 11.8 Å². The highest BCUT2D eigenvalue weighted by molar-refractivity contribution is 8.00. The Balaban J connectivity index is 1.51. The highest BCUT2D eigenvalue weighted by Gasteiger charge is 2.41. The van der Waals surface area contributed by atoms with Crippen molar-refractivity contribution in [2.45, 2.75) is 30.3 Å². The van der Waals surface area contributed by atoms with Crippen LogP contribution in [0.15, 0.2) is 22.8 Å². The van der Waals surface area contributed by atoms with E-state index in [0.717, 1.165) is 12.3 Å². The molecule has 1 atom stereocenters. The molecule has 1 aliphatic rings. The molecule has 0 amide bonds. The summed E-state index contributed by atoms with van der Waals surface area (Å²) in [7, 11) is 0. The van der Waals surface area contributed by atoms with Gasteiger partial charge in [0.25, 0.3) is 0 Å². The molecule has 0 aliphatic heterocycles. The van der Waals surface area contributed by atoms with Crippen molar-refractivity contribution in [1.82, 2.24) is 5.32 Å². The van der Waals surface area contributed by atoms with Crippen LogP contribution in [0.4, 0.5) is 0 Å². The summed E-state index contributed by atoms with van der Waals surface area (Å²) < 4.78 is 11.0. The summed E-state index contributed by atoms with van der Waals surface area (Å²) >= 11 is 1.92. The number of furan rings is 1. The Bertz CT molecular complexity index is 338. The molecule has 4 nitrogen and oxygen atoms in total. The first-order valence-electron chi connectivity index (χ1n) is 6.28. The maximum absolute atomic E-state index is 9.74. The van der Waals surface area contributed by atoms with E-state index >= 15 is 0 Å². The van der Waals surface area contributed by atoms with Crippen molar-refractivity contribution in [2.75, 3.05) is 26.0 Å². The van der Waals surface area contributed by atoms with Crippen molar-refractivity contribution in [1.29, 1.82) is 0 Å². The first-order valence-corrected chi connectivity index (χ1v) is 7.51. The maximum atomic E-state index is 9.74. The van der Waals surface area contributed by atoms with E-state index in [-0.39, 0.29) is 0 Å². The number of aliphatic hydroxyl groups excluding tert-OH is 1. The summed E-state index contributed by atoms with van der Waals surface area (Å²) in [4.78, 5) is 0. The van der Waals surface area contributed by atoms with Crippen molar-refractivity contribution in [3.05, 3.63) is 24.2 Å². The number of ether oxygens (including phenoxy) is 1. The van der Waals surface area contributed by atoms with Crippen LogP contribution in [-0.4, -0.2) is 41.9 Å². The van der Waals surface area contributed by atoms with E-state index in [0.29, 0.717) is 24.5 Å². The summed E-state index contributed by atoms with van der Waals surface area (Å²) in [6, 6.07) is 3.69. The molecule has 0 spiro atoms.